The van der Waals surface area contributed by atoms with Gasteiger partial charge in [0, 0.05) is 11.1 Å². The molecule has 0 amide bonds. The van der Waals surface area contributed by atoms with Crippen LogP contribution in [-0.4, -0.2) is 0 Å². The van der Waals surface area contributed by atoms with Gasteiger partial charge in [0.05, 0.1) is 0 Å². The molecule has 0 spiro atoms. The maximum atomic E-state index is 5.42. The van der Waals surface area contributed by atoms with Gasteiger partial charge in [0.2, 0.25) is 0 Å². The molecule has 0 rings (SSSR count). The molecule has 0 atom stereocenters. The molecule has 0 aliphatic heterocycles. The Morgan fingerprint density at radius 2 is 2.00 bits per heavy atom. The maximum Gasteiger partial charge on any atom is 0.0212 e. The Hall–Kier alpha value is -0.720. The fourth-order valence-electron chi connectivity index (χ4n) is 0.131. The molecule has 8 heavy (non-hydrogen) atoms. The third-order valence-electron chi connectivity index (χ3n) is 1.34. The van der Waals surface area contributed by atoms with Crippen LogP contribution in [0.15, 0.2) is 24.9 Å². The molecular formula is C7H13N. The minimum Gasteiger partial charge on any atom is -0.402 e. The Labute approximate surface area is 50.9 Å². The Kier molecular flexibility index (Phi) is 1.85. The van der Waals surface area contributed by atoms with Crippen molar-refractivity contribution < 1.29 is 0 Å². The van der Waals surface area contributed by atoms with Gasteiger partial charge >= 0.3 is 0 Å². The molecule has 0 aliphatic rings. The topological polar surface area (TPSA) is 26.0 Å². The van der Waals surface area contributed by atoms with E-state index in [1.807, 2.05) is 13.8 Å². The van der Waals surface area contributed by atoms with E-state index < -0.39 is 0 Å². The van der Waals surface area contributed by atoms with Crippen LogP contribution in [0, 0.1) is 5.41 Å². The number of hydrogen-bond acceptors (Lipinski definition) is 1. The van der Waals surface area contributed by atoms with Gasteiger partial charge in [0.1, 0.15) is 0 Å². The highest BCUT2D eigenvalue weighted by molar-refractivity contribution is 5.10. The summed E-state index contributed by atoms with van der Waals surface area (Å²) >= 11 is 0. The number of hydrogen-bond donors (Lipinski definition) is 1. The zero-order chi connectivity index (χ0) is 6.78. The normalized spacial score (nSPS) is 10.8. The number of nitrogens with two attached hydrogens (primary N) is 1. The molecule has 46 valence electrons. The molecule has 0 saturated heterocycles. The van der Waals surface area contributed by atoms with E-state index >= 15 is 0 Å². The number of allylic oxidation sites excluding steroid dienone is 1. The average Bonchev–Trinajstić information content (AvgIpc) is 1.67. The highest BCUT2D eigenvalue weighted by Crippen LogP contribution is 2.20. The van der Waals surface area contributed by atoms with Gasteiger partial charge in [-0.25, -0.2) is 0 Å². The Morgan fingerprint density at radius 3 is 2.00 bits per heavy atom. The van der Waals surface area contributed by atoms with Gasteiger partial charge in [0.25, 0.3) is 0 Å². The van der Waals surface area contributed by atoms with Crippen molar-refractivity contribution in [2.24, 2.45) is 11.1 Å². The predicted molar refractivity (Wildman–Crippen MR) is 37.3 cm³/mol. The van der Waals surface area contributed by atoms with Crippen LogP contribution < -0.4 is 5.73 Å². The van der Waals surface area contributed by atoms with Crippen molar-refractivity contribution in [1.29, 1.82) is 0 Å². The van der Waals surface area contributed by atoms with E-state index in [1.54, 1.807) is 6.08 Å². The molecule has 0 heterocycles. The molecule has 0 aromatic rings. The van der Waals surface area contributed by atoms with Crippen LogP contribution in [0.5, 0.6) is 0 Å². The third kappa shape index (κ3) is 1.41. The van der Waals surface area contributed by atoms with Crippen LogP contribution in [0.2, 0.25) is 0 Å². The van der Waals surface area contributed by atoms with Crippen LogP contribution in [0.1, 0.15) is 13.8 Å². The Balaban J connectivity index is 4.12. The van der Waals surface area contributed by atoms with E-state index in [4.69, 9.17) is 5.73 Å². The monoisotopic (exact) mass is 111 g/mol. The summed E-state index contributed by atoms with van der Waals surface area (Å²) in [5.74, 6) is 0. The van der Waals surface area contributed by atoms with E-state index in [0.29, 0.717) is 5.70 Å². The first-order valence-corrected chi connectivity index (χ1v) is 2.59. The van der Waals surface area contributed by atoms with Gasteiger partial charge in [-0.2, -0.15) is 0 Å². The van der Waals surface area contributed by atoms with Gasteiger partial charge < -0.3 is 5.73 Å². The van der Waals surface area contributed by atoms with E-state index in [9.17, 15) is 0 Å². The quantitative estimate of drug-likeness (QED) is 0.539. The largest absolute Gasteiger partial charge is 0.402 e. The molecule has 0 aromatic carbocycles. The first kappa shape index (κ1) is 7.28. The van der Waals surface area contributed by atoms with Gasteiger partial charge in [-0.3, -0.25) is 0 Å². The van der Waals surface area contributed by atoms with E-state index in [-0.39, 0.29) is 5.41 Å². The van der Waals surface area contributed by atoms with Crippen molar-refractivity contribution in [3.63, 3.8) is 0 Å². The summed E-state index contributed by atoms with van der Waals surface area (Å²) in [5, 5.41) is 0. The average molecular weight is 111 g/mol. The molecule has 0 radical (unpaired) electrons. The van der Waals surface area contributed by atoms with Gasteiger partial charge in [-0.05, 0) is 0 Å². The second-order valence-corrected chi connectivity index (χ2v) is 2.45. The van der Waals surface area contributed by atoms with Crippen LogP contribution >= 0.6 is 0 Å². The lowest BCUT2D eigenvalue weighted by atomic mass is 9.91. The molecule has 0 bridgehead atoms. The summed E-state index contributed by atoms with van der Waals surface area (Å²) in [4.78, 5) is 0. The van der Waals surface area contributed by atoms with Crippen molar-refractivity contribution in [2.75, 3.05) is 0 Å². The van der Waals surface area contributed by atoms with Crippen molar-refractivity contribution in [3.05, 3.63) is 24.9 Å². The zero-order valence-corrected chi connectivity index (χ0v) is 5.57. The molecule has 0 aliphatic carbocycles. The third-order valence-corrected chi connectivity index (χ3v) is 1.34. The highest BCUT2D eigenvalue weighted by Gasteiger charge is 2.12. The second-order valence-electron chi connectivity index (χ2n) is 2.45. The van der Waals surface area contributed by atoms with Crippen molar-refractivity contribution >= 4 is 0 Å². The lowest BCUT2D eigenvalue weighted by molar-refractivity contribution is 0.576. The minimum absolute atomic E-state index is 0.111. The lowest BCUT2D eigenvalue weighted by Gasteiger charge is -2.18. The Morgan fingerprint density at radius 1 is 1.62 bits per heavy atom. The van der Waals surface area contributed by atoms with E-state index in [0.717, 1.165) is 0 Å². The predicted octanol–water partition coefficient (Wildman–Crippen LogP) is 1.67. The van der Waals surface area contributed by atoms with Crippen molar-refractivity contribution in [2.45, 2.75) is 13.8 Å². The van der Waals surface area contributed by atoms with Crippen LogP contribution in [0.3, 0.4) is 0 Å². The van der Waals surface area contributed by atoms with E-state index in [2.05, 4.69) is 13.2 Å². The summed E-state index contributed by atoms with van der Waals surface area (Å²) in [6.45, 7) is 11.2. The van der Waals surface area contributed by atoms with Crippen molar-refractivity contribution in [3.8, 4) is 0 Å². The lowest BCUT2D eigenvalue weighted by Crippen LogP contribution is -2.16. The number of rotatable bonds is 2. The SMILES string of the molecule is C=CC(C)(C)C(=C)N. The molecule has 0 aromatic heterocycles. The highest BCUT2D eigenvalue weighted by atomic mass is 14.6. The molecule has 2 N–H and O–H groups in total. The summed E-state index contributed by atoms with van der Waals surface area (Å²) in [5.41, 5.74) is 5.96. The summed E-state index contributed by atoms with van der Waals surface area (Å²) < 4.78 is 0. The zero-order valence-electron chi connectivity index (χ0n) is 5.57. The summed E-state index contributed by atoms with van der Waals surface area (Å²) in [7, 11) is 0. The maximum absolute atomic E-state index is 5.42. The van der Waals surface area contributed by atoms with Crippen LogP contribution in [0.4, 0.5) is 0 Å². The smallest absolute Gasteiger partial charge is 0.0212 e. The summed E-state index contributed by atoms with van der Waals surface area (Å²) in [6, 6.07) is 0. The van der Waals surface area contributed by atoms with Gasteiger partial charge in [-0.15, -0.1) is 6.58 Å². The molecule has 0 saturated carbocycles. The second kappa shape index (κ2) is 2.03. The molecule has 1 heteroatoms. The first-order chi connectivity index (χ1) is 3.50. The Bertz CT molecular complexity index is 112. The molecule has 1 nitrogen and oxygen atoms in total. The van der Waals surface area contributed by atoms with Crippen molar-refractivity contribution in [1.82, 2.24) is 0 Å². The fourth-order valence-corrected chi connectivity index (χ4v) is 0.131. The fraction of sp³-hybridized carbons (Fsp3) is 0.429. The van der Waals surface area contributed by atoms with Gasteiger partial charge in [0.15, 0.2) is 0 Å². The summed E-state index contributed by atoms with van der Waals surface area (Å²) in [6.07, 6.45) is 1.79. The first-order valence-electron chi connectivity index (χ1n) is 2.59. The van der Waals surface area contributed by atoms with Crippen LogP contribution in [-0.2, 0) is 0 Å². The van der Waals surface area contributed by atoms with Gasteiger partial charge in [-0.1, -0.05) is 26.5 Å². The van der Waals surface area contributed by atoms with Crippen LogP contribution in [0.25, 0.3) is 0 Å². The minimum atomic E-state index is -0.111. The molecule has 0 unspecified atom stereocenters. The molecular weight excluding hydrogens is 98.1 g/mol. The van der Waals surface area contributed by atoms with E-state index in [1.165, 1.54) is 0 Å². The standard InChI is InChI=1S/C7H13N/c1-5-7(3,4)6(2)8/h5H,1-2,8H2,3-4H3. The molecule has 0 fully saturated rings.